The van der Waals surface area contributed by atoms with Gasteiger partial charge in [0.25, 0.3) is 10.0 Å². The summed E-state index contributed by atoms with van der Waals surface area (Å²) in [6.07, 6.45) is 0.726. The number of ether oxygens (including phenoxy) is 2. The van der Waals surface area contributed by atoms with E-state index in [1.165, 1.54) is 24.1 Å². The molecular weight excluding hydrogens is 530 g/mol. The van der Waals surface area contributed by atoms with E-state index in [1.807, 2.05) is 13.8 Å². The maximum atomic E-state index is 14.0. The molecular formula is C30H37N3O6S. The molecule has 214 valence electrons. The average Bonchev–Trinajstić information content (AvgIpc) is 2.98. The highest BCUT2D eigenvalue weighted by Gasteiger charge is 2.33. The molecule has 0 aromatic heterocycles. The molecule has 9 nitrogen and oxygen atoms in total. The SMILES string of the molecule is CC[C@@H](C)NC(=O)[C@H](C)N(Cc1ccc(OC)cc1)C(=O)CN(c1cccc(OC)c1)S(=O)(=O)c1ccccc1. The number of anilines is 1. The van der Waals surface area contributed by atoms with E-state index >= 15 is 0 Å². The van der Waals surface area contributed by atoms with Crippen LogP contribution in [-0.2, 0) is 26.2 Å². The number of nitrogens with one attached hydrogen (secondary N) is 1. The van der Waals surface area contributed by atoms with Gasteiger partial charge in [0.05, 0.1) is 24.8 Å². The lowest BCUT2D eigenvalue weighted by Gasteiger charge is -2.32. The summed E-state index contributed by atoms with van der Waals surface area (Å²) in [5.74, 6) is 0.233. The van der Waals surface area contributed by atoms with E-state index in [4.69, 9.17) is 9.47 Å². The van der Waals surface area contributed by atoms with Crippen LogP contribution < -0.4 is 19.1 Å². The molecule has 0 heterocycles. The highest BCUT2D eigenvalue weighted by Crippen LogP contribution is 2.27. The van der Waals surface area contributed by atoms with Crippen LogP contribution in [0.25, 0.3) is 0 Å². The third kappa shape index (κ3) is 7.53. The molecule has 1 N–H and O–H groups in total. The van der Waals surface area contributed by atoms with Gasteiger partial charge in [-0.15, -0.1) is 0 Å². The number of methoxy groups -OCH3 is 2. The molecule has 0 unspecified atom stereocenters. The van der Waals surface area contributed by atoms with Gasteiger partial charge in [-0.2, -0.15) is 0 Å². The number of hydrogen-bond acceptors (Lipinski definition) is 6. The summed E-state index contributed by atoms with van der Waals surface area (Å²) in [5.41, 5.74) is 1.02. The molecule has 0 saturated heterocycles. The normalized spacial score (nSPS) is 12.6. The van der Waals surface area contributed by atoms with Crippen molar-refractivity contribution in [3.05, 3.63) is 84.4 Å². The topological polar surface area (TPSA) is 105 Å². The minimum atomic E-state index is -4.15. The molecule has 0 radical (unpaired) electrons. The Balaban J connectivity index is 2.02. The molecule has 0 saturated carbocycles. The van der Waals surface area contributed by atoms with E-state index in [-0.39, 0.29) is 29.1 Å². The number of carbonyl (C=O) groups excluding carboxylic acids is 2. The highest BCUT2D eigenvalue weighted by atomic mass is 32.2. The third-order valence-electron chi connectivity index (χ3n) is 6.63. The van der Waals surface area contributed by atoms with E-state index in [9.17, 15) is 18.0 Å². The van der Waals surface area contributed by atoms with E-state index in [0.717, 1.165) is 16.3 Å². The zero-order valence-electron chi connectivity index (χ0n) is 23.5. The summed E-state index contributed by atoms with van der Waals surface area (Å²) in [4.78, 5) is 28.5. The Kier molecular flexibility index (Phi) is 10.6. The fraction of sp³-hybridized carbons (Fsp3) is 0.333. The molecule has 0 bridgehead atoms. The fourth-order valence-corrected chi connectivity index (χ4v) is 5.42. The highest BCUT2D eigenvalue weighted by molar-refractivity contribution is 7.92. The van der Waals surface area contributed by atoms with Crippen LogP contribution >= 0.6 is 0 Å². The third-order valence-corrected chi connectivity index (χ3v) is 8.42. The molecule has 0 fully saturated rings. The molecule has 3 aromatic rings. The zero-order chi connectivity index (χ0) is 29.3. The van der Waals surface area contributed by atoms with Gasteiger partial charge in [0, 0.05) is 18.7 Å². The molecule has 2 amide bonds. The minimum absolute atomic E-state index is 0.0369. The Labute approximate surface area is 236 Å². The van der Waals surface area contributed by atoms with Gasteiger partial charge in [-0.05, 0) is 62.2 Å². The first kappa shape index (κ1) is 30.5. The smallest absolute Gasteiger partial charge is 0.264 e. The summed E-state index contributed by atoms with van der Waals surface area (Å²) in [5, 5.41) is 2.92. The van der Waals surface area contributed by atoms with E-state index in [1.54, 1.807) is 80.8 Å². The predicted molar refractivity (Wildman–Crippen MR) is 155 cm³/mol. The van der Waals surface area contributed by atoms with Crippen LogP contribution in [0.15, 0.2) is 83.8 Å². The van der Waals surface area contributed by atoms with Crippen molar-refractivity contribution in [1.82, 2.24) is 10.2 Å². The molecule has 0 aliphatic carbocycles. The lowest BCUT2D eigenvalue weighted by Crippen LogP contribution is -2.52. The van der Waals surface area contributed by atoms with Crippen LogP contribution in [0.1, 0.15) is 32.8 Å². The van der Waals surface area contributed by atoms with Crippen molar-refractivity contribution in [1.29, 1.82) is 0 Å². The van der Waals surface area contributed by atoms with Crippen molar-refractivity contribution >= 4 is 27.5 Å². The van der Waals surface area contributed by atoms with Gasteiger partial charge in [0.2, 0.25) is 11.8 Å². The summed E-state index contributed by atoms with van der Waals surface area (Å²) in [7, 11) is -1.10. The van der Waals surface area contributed by atoms with Crippen LogP contribution in [0.5, 0.6) is 11.5 Å². The van der Waals surface area contributed by atoms with E-state index in [2.05, 4.69) is 5.32 Å². The second kappa shape index (κ2) is 13.8. The van der Waals surface area contributed by atoms with Crippen molar-refractivity contribution in [3.8, 4) is 11.5 Å². The van der Waals surface area contributed by atoms with Crippen LogP contribution in [-0.4, -0.2) is 58.0 Å². The summed E-state index contributed by atoms with van der Waals surface area (Å²) in [6.45, 7) is 5.05. The second-order valence-electron chi connectivity index (χ2n) is 9.39. The molecule has 2 atom stereocenters. The standard InChI is InChI=1S/C30H37N3O6S/c1-6-22(2)31-30(35)23(3)32(20-24-15-17-26(38-4)18-16-24)29(34)21-33(25-11-10-12-27(19-25)39-5)40(36,37)28-13-8-7-9-14-28/h7-19,22-23H,6,20-21H2,1-5H3,(H,31,35)/t22-,23+/m1/s1. The van der Waals surface area contributed by atoms with Crippen molar-refractivity contribution in [2.45, 2.75) is 50.7 Å². The first-order valence-electron chi connectivity index (χ1n) is 13.0. The maximum Gasteiger partial charge on any atom is 0.264 e. The van der Waals surface area contributed by atoms with Gasteiger partial charge in [0.15, 0.2) is 0 Å². The number of hydrogen-bond donors (Lipinski definition) is 1. The Morgan fingerprint density at radius 1 is 0.875 bits per heavy atom. The zero-order valence-corrected chi connectivity index (χ0v) is 24.4. The molecule has 40 heavy (non-hydrogen) atoms. The van der Waals surface area contributed by atoms with Crippen LogP contribution in [0.2, 0.25) is 0 Å². The Morgan fingerprint density at radius 3 is 2.12 bits per heavy atom. The molecule has 3 rings (SSSR count). The number of benzene rings is 3. The van der Waals surface area contributed by atoms with Gasteiger partial charge < -0.3 is 19.7 Å². The predicted octanol–water partition coefficient (Wildman–Crippen LogP) is 4.23. The fourth-order valence-electron chi connectivity index (χ4n) is 3.99. The quantitative estimate of drug-likeness (QED) is 0.332. The van der Waals surface area contributed by atoms with Gasteiger partial charge in [-0.25, -0.2) is 8.42 Å². The molecule has 0 aliphatic rings. The van der Waals surface area contributed by atoms with Crippen LogP contribution in [0, 0.1) is 0 Å². The average molecular weight is 568 g/mol. The molecule has 3 aromatic carbocycles. The number of sulfonamides is 1. The first-order chi connectivity index (χ1) is 19.1. The summed E-state index contributed by atoms with van der Waals surface area (Å²) >= 11 is 0. The minimum Gasteiger partial charge on any atom is -0.497 e. The monoisotopic (exact) mass is 567 g/mol. The van der Waals surface area contributed by atoms with Crippen molar-refractivity contribution in [3.63, 3.8) is 0 Å². The summed E-state index contributed by atoms with van der Waals surface area (Å²) < 4.78 is 39.3. The van der Waals surface area contributed by atoms with Crippen molar-refractivity contribution in [2.75, 3.05) is 25.1 Å². The van der Waals surface area contributed by atoms with Gasteiger partial charge >= 0.3 is 0 Å². The molecule has 0 aliphatic heterocycles. The van der Waals surface area contributed by atoms with Gasteiger partial charge in [-0.3, -0.25) is 13.9 Å². The molecule has 10 heteroatoms. The van der Waals surface area contributed by atoms with Gasteiger partial charge in [-0.1, -0.05) is 43.3 Å². The van der Waals surface area contributed by atoms with E-state index < -0.39 is 28.5 Å². The Bertz CT molecular complexity index is 1380. The number of rotatable bonds is 13. The van der Waals surface area contributed by atoms with Crippen molar-refractivity contribution < 1.29 is 27.5 Å². The first-order valence-corrected chi connectivity index (χ1v) is 14.5. The Morgan fingerprint density at radius 2 is 1.52 bits per heavy atom. The maximum absolute atomic E-state index is 14.0. The van der Waals surface area contributed by atoms with Crippen molar-refractivity contribution in [2.24, 2.45) is 0 Å². The van der Waals surface area contributed by atoms with Gasteiger partial charge in [0.1, 0.15) is 24.1 Å². The summed E-state index contributed by atoms with van der Waals surface area (Å²) in [6, 6.07) is 20.6. The second-order valence-corrected chi connectivity index (χ2v) is 11.3. The number of amides is 2. The Hall–Kier alpha value is -4.05. The lowest BCUT2D eigenvalue weighted by molar-refractivity contribution is -0.139. The number of nitrogens with zero attached hydrogens (tertiary/aromatic N) is 2. The lowest BCUT2D eigenvalue weighted by atomic mass is 10.1. The van der Waals surface area contributed by atoms with E-state index in [0.29, 0.717) is 11.5 Å². The van der Waals surface area contributed by atoms with Crippen LogP contribution in [0.4, 0.5) is 5.69 Å². The van der Waals surface area contributed by atoms with Crippen LogP contribution in [0.3, 0.4) is 0 Å². The molecule has 0 spiro atoms. The number of carbonyl (C=O) groups is 2. The largest absolute Gasteiger partial charge is 0.497 e.